The van der Waals surface area contributed by atoms with E-state index in [9.17, 15) is 4.79 Å². The number of hydrogen-bond donors (Lipinski definition) is 2. The minimum absolute atomic E-state index is 0.0620. The first-order valence-electron chi connectivity index (χ1n) is 7.03. The fourth-order valence-electron chi connectivity index (χ4n) is 2.60. The fourth-order valence-corrected chi connectivity index (χ4v) is 2.60. The van der Waals surface area contributed by atoms with E-state index in [-0.39, 0.29) is 30.0 Å². The first-order chi connectivity index (χ1) is 11.0. The lowest BCUT2D eigenvalue weighted by molar-refractivity contribution is 0.0176. The maximum absolute atomic E-state index is 15.3. The van der Waals surface area contributed by atoms with Crippen molar-refractivity contribution in [3.63, 3.8) is 0 Å². The molecule has 0 aliphatic heterocycles. The highest BCUT2D eigenvalue weighted by atomic mass is 19.1. The summed E-state index contributed by atoms with van der Waals surface area (Å²) in [6.07, 6.45) is 0.323. The molecule has 9 nitrogen and oxygen atoms in total. The van der Waals surface area contributed by atoms with Gasteiger partial charge >= 0.3 is 11.7 Å². The Labute approximate surface area is 130 Å². The van der Waals surface area contributed by atoms with Gasteiger partial charge < -0.3 is 14.2 Å². The largest absolute Gasteiger partial charge is 0.481 e. The van der Waals surface area contributed by atoms with Crippen LogP contribution in [0.2, 0.25) is 0 Å². The third-order valence-electron chi connectivity index (χ3n) is 3.74. The highest BCUT2D eigenvalue weighted by Crippen LogP contribution is 2.42. The van der Waals surface area contributed by atoms with Crippen molar-refractivity contribution in [3.8, 4) is 17.8 Å². The second-order valence-corrected chi connectivity index (χ2v) is 5.12. The molecule has 2 N–H and O–H groups in total. The van der Waals surface area contributed by atoms with Gasteiger partial charge in [0.25, 0.3) is 0 Å². The number of halogens is 1. The molecule has 0 radical (unpaired) electrons. The van der Waals surface area contributed by atoms with Crippen LogP contribution in [-0.2, 0) is 5.67 Å². The molecular weight excluding hydrogens is 309 g/mol. The van der Waals surface area contributed by atoms with E-state index >= 15 is 4.39 Å². The summed E-state index contributed by atoms with van der Waals surface area (Å²) in [5.74, 6) is 0.393. The lowest BCUT2D eigenvalue weighted by atomic mass is 10.0. The van der Waals surface area contributed by atoms with Gasteiger partial charge in [-0.25, -0.2) is 14.3 Å². The van der Waals surface area contributed by atoms with Crippen LogP contribution in [0.1, 0.15) is 25.1 Å². The molecule has 2 aromatic rings. The number of methoxy groups -OCH3 is 2. The van der Waals surface area contributed by atoms with Crippen LogP contribution in [0.25, 0.3) is 0 Å². The Morgan fingerprint density at radius 2 is 2.00 bits per heavy atom. The molecule has 1 saturated carbocycles. The Morgan fingerprint density at radius 3 is 2.57 bits per heavy atom. The second-order valence-electron chi connectivity index (χ2n) is 5.12. The molecule has 1 aliphatic carbocycles. The van der Waals surface area contributed by atoms with Crippen LogP contribution in [0.3, 0.4) is 0 Å². The number of alkyl halides is 1. The van der Waals surface area contributed by atoms with E-state index in [2.05, 4.69) is 25.1 Å². The number of rotatable bonds is 5. The van der Waals surface area contributed by atoms with E-state index in [1.165, 1.54) is 20.3 Å². The Hall–Kier alpha value is -2.65. The van der Waals surface area contributed by atoms with Crippen LogP contribution < -0.4 is 19.9 Å². The molecule has 2 unspecified atom stereocenters. The van der Waals surface area contributed by atoms with Gasteiger partial charge in [0, 0.05) is 0 Å². The number of aromatic nitrogens is 5. The van der Waals surface area contributed by atoms with Gasteiger partial charge in [-0.05, 0) is 19.3 Å². The number of ether oxygens (including phenoxy) is 3. The second kappa shape index (κ2) is 5.86. The molecule has 0 aromatic carbocycles. The van der Waals surface area contributed by atoms with Crippen molar-refractivity contribution in [2.24, 2.45) is 0 Å². The van der Waals surface area contributed by atoms with Gasteiger partial charge in [-0.15, -0.1) is 0 Å². The average Bonchev–Trinajstić information content (AvgIpc) is 3.14. The Kier molecular flexibility index (Phi) is 3.89. The van der Waals surface area contributed by atoms with Gasteiger partial charge in [0.05, 0.1) is 20.3 Å². The van der Waals surface area contributed by atoms with Crippen molar-refractivity contribution in [1.29, 1.82) is 0 Å². The monoisotopic (exact) mass is 325 g/mol. The SMILES string of the molecule is COc1cc(OC)nc(OC2CCCC2(F)c2n[nH]c(=O)[nH]2)n1. The number of nitrogens with one attached hydrogen (secondary N) is 2. The molecule has 1 fully saturated rings. The molecule has 0 spiro atoms. The molecule has 0 bridgehead atoms. The Bertz CT molecular complexity index is 726. The van der Waals surface area contributed by atoms with Crippen molar-refractivity contribution in [1.82, 2.24) is 25.1 Å². The first-order valence-corrected chi connectivity index (χ1v) is 7.03. The van der Waals surface area contributed by atoms with E-state index in [0.717, 1.165) is 0 Å². The predicted molar refractivity (Wildman–Crippen MR) is 75.4 cm³/mol. The highest BCUT2D eigenvalue weighted by Gasteiger charge is 2.50. The van der Waals surface area contributed by atoms with Crippen molar-refractivity contribution < 1.29 is 18.6 Å². The molecule has 2 aromatic heterocycles. The molecule has 3 rings (SSSR count). The summed E-state index contributed by atoms with van der Waals surface area (Å²) in [5, 5.41) is 5.85. The molecule has 2 atom stereocenters. The maximum Gasteiger partial charge on any atom is 0.340 e. The van der Waals surface area contributed by atoms with Crippen molar-refractivity contribution in [2.75, 3.05) is 14.2 Å². The van der Waals surface area contributed by atoms with Crippen molar-refractivity contribution in [3.05, 3.63) is 22.4 Å². The van der Waals surface area contributed by atoms with E-state index in [0.29, 0.717) is 12.8 Å². The fraction of sp³-hybridized carbons (Fsp3) is 0.538. The van der Waals surface area contributed by atoms with Gasteiger partial charge in [0.1, 0.15) is 6.10 Å². The van der Waals surface area contributed by atoms with E-state index in [1.54, 1.807) is 0 Å². The van der Waals surface area contributed by atoms with E-state index in [1.807, 2.05) is 0 Å². The summed E-state index contributed by atoms with van der Waals surface area (Å²) >= 11 is 0. The molecule has 23 heavy (non-hydrogen) atoms. The molecule has 124 valence electrons. The van der Waals surface area contributed by atoms with Crippen molar-refractivity contribution in [2.45, 2.75) is 31.0 Å². The zero-order valence-electron chi connectivity index (χ0n) is 12.6. The average molecular weight is 325 g/mol. The van der Waals surface area contributed by atoms with Crippen molar-refractivity contribution >= 4 is 0 Å². The topological polar surface area (TPSA) is 115 Å². The summed E-state index contributed by atoms with van der Waals surface area (Å²) in [5.41, 5.74) is -2.49. The van der Waals surface area contributed by atoms with Gasteiger partial charge in [-0.2, -0.15) is 15.1 Å². The van der Waals surface area contributed by atoms with Gasteiger partial charge in [0.2, 0.25) is 17.4 Å². The quantitative estimate of drug-likeness (QED) is 0.831. The molecule has 2 heterocycles. The van der Waals surface area contributed by atoms with Gasteiger partial charge in [-0.1, -0.05) is 0 Å². The third-order valence-corrected chi connectivity index (χ3v) is 3.74. The van der Waals surface area contributed by atoms with Gasteiger partial charge in [0.15, 0.2) is 5.82 Å². The number of aromatic amines is 2. The minimum atomic E-state index is -1.92. The van der Waals surface area contributed by atoms with E-state index in [4.69, 9.17) is 14.2 Å². The lowest BCUT2D eigenvalue weighted by Crippen LogP contribution is -2.36. The molecule has 0 saturated heterocycles. The summed E-state index contributed by atoms with van der Waals surface area (Å²) < 4.78 is 30.9. The smallest absolute Gasteiger partial charge is 0.340 e. The van der Waals surface area contributed by atoms with Crippen LogP contribution in [0.15, 0.2) is 10.9 Å². The molecule has 0 amide bonds. The van der Waals surface area contributed by atoms with Crippen LogP contribution in [0.4, 0.5) is 4.39 Å². The highest BCUT2D eigenvalue weighted by molar-refractivity contribution is 5.23. The number of hydrogen-bond acceptors (Lipinski definition) is 7. The van der Waals surface area contributed by atoms with Crippen LogP contribution >= 0.6 is 0 Å². The maximum atomic E-state index is 15.3. The first kappa shape index (κ1) is 15.3. The third kappa shape index (κ3) is 2.83. The normalized spacial score (nSPS) is 23.7. The summed E-state index contributed by atoms with van der Waals surface area (Å²) in [7, 11) is 2.88. The summed E-state index contributed by atoms with van der Waals surface area (Å²) in [4.78, 5) is 21.6. The van der Waals surface area contributed by atoms with Crippen LogP contribution in [0.5, 0.6) is 17.8 Å². The molecule has 1 aliphatic rings. The molecule has 10 heteroatoms. The Balaban J connectivity index is 1.88. The standard InChI is InChI=1S/C13H16FN5O4/c1-21-8-6-9(22-2)16-12(15-8)23-7-4-3-5-13(7,14)10-17-11(20)19-18-10/h6-7H,3-5H2,1-2H3,(H2,17,18,19,20). The van der Waals surface area contributed by atoms with Gasteiger partial charge in [-0.3, -0.25) is 4.98 Å². The van der Waals surface area contributed by atoms with Crippen LogP contribution in [-0.4, -0.2) is 45.5 Å². The zero-order valence-corrected chi connectivity index (χ0v) is 12.6. The minimum Gasteiger partial charge on any atom is -0.481 e. The zero-order chi connectivity index (χ0) is 16.4. The predicted octanol–water partition coefficient (Wildman–Crippen LogP) is 0.701. The lowest BCUT2D eigenvalue weighted by Gasteiger charge is -2.24. The number of H-pyrrole nitrogens is 2. The summed E-state index contributed by atoms with van der Waals surface area (Å²) in [6.45, 7) is 0. The van der Waals surface area contributed by atoms with E-state index < -0.39 is 17.5 Å². The Morgan fingerprint density at radius 1 is 1.30 bits per heavy atom. The summed E-state index contributed by atoms with van der Waals surface area (Å²) in [6, 6.07) is 1.42. The molecular formula is C13H16FN5O4. The number of nitrogens with zero attached hydrogens (tertiary/aromatic N) is 3. The van der Waals surface area contributed by atoms with Crippen LogP contribution in [0, 0.1) is 0 Å².